The summed E-state index contributed by atoms with van der Waals surface area (Å²) < 4.78 is 0. The van der Waals surface area contributed by atoms with Crippen molar-refractivity contribution >= 4 is 17.2 Å². The summed E-state index contributed by atoms with van der Waals surface area (Å²) in [6.07, 6.45) is 0. The number of nitrogens with one attached hydrogen (secondary N) is 1. The first-order chi connectivity index (χ1) is 10.1. The molecular formula is C15H22N4OS. The van der Waals surface area contributed by atoms with E-state index in [-0.39, 0.29) is 5.91 Å². The molecule has 2 fully saturated rings. The lowest BCUT2D eigenvalue weighted by molar-refractivity contribution is -0.129. The number of nitrogens with zero attached hydrogens (tertiary/aromatic N) is 3. The zero-order chi connectivity index (χ0) is 14.8. The first-order valence-electron chi connectivity index (χ1n) is 7.45. The summed E-state index contributed by atoms with van der Waals surface area (Å²) in [4.78, 5) is 21.3. The number of amides is 1. The molecule has 0 spiro atoms. The highest BCUT2D eigenvalue weighted by Gasteiger charge is 2.25. The van der Waals surface area contributed by atoms with E-state index in [4.69, 9.17) is 0 Å². The van der Waals surface area contributed by atoms with Crippen LogP contribution in [0.15, 0.2) is 16.5 Å². The lowest BCUT2D eigenvalue weighted by Gasteiger charge is -2.35. The smallest absolute Gasteiger partial charge is 0.249 e. The van der Waals surface area contributed by atoms with Gasteiger partial charge in [0.05, 0.1) is 10.7 Å². The maximum atomic E-state index is 12.4. The molecule has 3 rings (SSSR count). The molecule has 6 heteroatoms. The summed E-state index contributed by atoms with van der Waals surface area (Å²) in [5, 5.41) is 6.44. The van der Waals surface area contributed by atoms with Crippen molar-refractivity contribution in [2.24, 2.45) is 0 Å². The molecule has 1 aromatic heterocycles. The van der Waals surface area contributed by atoms with Gasteiger partial charge in [-0.2, -0.15) is 0 Å². The SMILES string of the molecule is CC(C(=O)N1CCN(Cc2csc(C)n2)CC1)=C1CNC1. The van der Waals surface area contributed by atoms with Crippen LogP contribution in [-0.4, -0.2) is 60.0 Å². The van der Waals surface area contributed by atoms with Gasteiger partial charge < -0.3 is 10.2 Å². The van der Waals surface area contributed by atoms with Crippen LogP contribution in [-0.2, 0) is 11.3 Å². The number of piperazine rings is 1. The Morgan fingerprint density at radius 1 is 1.33 bits per heavy atom. The molecule has 2 aliphatic heterocycles. The van der Waals surface area contributed by atoms with Crippen LogP contribution in [0.4, 0.5) is 0 Å². The Morgan fingerprint density at radius 2 is 2.05 bits per heavy atom. The highest BCUT2D eigenvalue weighted by Crippen LogP contribution is 2.15. The summed E-state index contributed by atoms with van der Waals surface area (Å²) in [5.41, 5.74) is 3.36. The van der Waals surface area contributed by atoms with Crippen molar-refractivity contribution in [3.63, 3.8) is 0 Å². The second-order valence-corrected chi connectivity index (χ2v) is 6.82. The molecule has 0 saturated carbocycles. The van der Waals surface area contributed by atoms with Gasteiger partial charge in [-0.3, -0.25) is 9.69 Å². The maximum absolute atomic E-state index is 12.4. The monoisotopic (exact) mass is 306 g/mol. The Morgan fingerprint density at radius 3 is 2.57 bits per heavy atom. The number of hydrogen-bond acceptors (Lipinski definition) is 5. The molecule has 0 atom stereocenters. The highest BCUT2D eigenvalue weighted by molar-refractivity contribution is 7.09. The summed E-state index contributed by atoms with van der Waals surface area (Å²) in [5.74, 6) is 0.218. The van der Waals surface area contributed by atoms with Crippen LogP contribution >= 0.6 is 11.3 Å². The summed E-state index contributed by atoms with van der Waals surface area (Å²) in [6.45, 7) is 10.2. The van der Waals surface area contributed by atoms with Crippen LogP contribution in [0.25, 0.3) is 0 Å². The third-order valence-electron chi connectivity index (χ3n) is 4.24. The fraction of sp³-hybridized carbons (Fsp3) is 0.600. The van der Waals surface area contributed by atoms with E-state index in [2.05, 4.69) is 20.6 Å². The number of hydrogen-bond donors (Lipinski definition) is 1. The number of carbonyl (C=O) groups excluding carboxylic acids is 1. The minimum atomic E-state index is 0.218. The quantitative estimate of drug-likeness (QED) is 0.847. The van der Waals surface area contributed by atoms with Gasteiger partial charge in [0.25, 0.3) is 0 Å². The fourth-order valence-electron chi connectivity index (χ4n) is 2.72. The van der Waals surface area contributed by atoms with Crippen LogP contribution < -0.4 is 5.32 Å². The molecule has 21 heavy (non-hydrogen) atoms. The van der Waals surface area contributed by atoms with E-state index in [0.29, 0.717) is 0 Å². The molecule has 0 aliphatic carbocycles. The number of thiazole rings is 1. The van der Waals surface area contributed by atoms with Crippen molar-refractivity contribution in [3.05, 3.63) is 27.2 Å². The topological polar surface area (TPSA) is 48.5 Å². The molecule has 2 aliphatic rings. The van der Waals surface area contributed by atoms with Crippen LogP contribution in [0.1, 0.15) is 17.6 Å². The maximum Gasteiger partial charge on any atom is 0.249 e. The van der Waals surface area contributed by atoms with E-state index >= 15 is 0 Å². The summed E-state index contributed by atoms with van der Waals surface area (Å²) >= 11 is 1.70. The third-order valence-corrected chi connectivity index (χ3v) is 5.06. The van der Waals surface area contributed by atoms with E-state index in [0.717, 1.165) is 62.1 Å². The second-order valence-electron chi connectivity index (χ2n) is 5.76. The Bertz CT molecular complexity index is 552. The molecule has 0 radical (unpaired) electrons. The van der Waals surface area contributed by atoms with Crippen molar-refractivity contribution in [2.75, 3.05) is 39.3 Å². The molecule has 1 N–H and O–H groups in total. The molecule has 1 amide bonds. The predicted molar refractivity (Wildman–Crippen MR) is 84.3 cm³/mol. The lowest BCUT2D eigenvalue weighted by atomic mass is 10.0. The van der Waals surface area contributed by atoms with Gasteiger partial charge in [-0.1, -0.05) is 0 Å². The Balaban J connectivity index is 1.52. The highest BCUT2D eigenvalue weighted by atomic mass is 32.1. The van der Waals surface area contributed by atoms with E-state index in [9.17, 15) is 4.79 Å². The molecule has 0 unspecified atom stereocenters. The largest absolute Gasteiger partial charge is 0.336 e. The molecular weight excluding hydrogens is 284 g/mol. The average Bonchev–Trinajstić information content (AvgIpc) is 2.82. The summed E-state index contributed by atoms with van der Waals surface area (Å²) in [7, 11) is 0. The molecule has 1 aromatic rings. The normalized spacial score (nSPS) is 19.5. The zero-order valence-corrected chi connectivity index (χ0v) is 13.5. The van der Waals surface area contributed by atoms with E-state index in [1.807, 2.05) is 18.7 Å². The number of rotatable bonds is 3. The lowest BCUT2D eigenvalue weighted by Crippen LogP contribution is -2.49. The first-order valence-corrected chi connectivity index (χ1v) is 8.33. The first kappa shape index (κ1) is 14.7. The molecule has 0 aromatic carbocycles. The van der Waals surface area contributed by atoms with Gasteiger partial charge in [0, 0.05) is 56.8 Å². The standard InChI is InChI=1S/C15H22N4OS/c1-11(13-7-16-8-13)15(20)19-5-3-18(4-6-19)9-14-10-21-12(2)17-14/h10,16H,3-9H2,1-2H3. The van der Waals surface area contributed by atoms with Crippen molar-refractivity contribution in [1.82, 2.24) is 20.1 Å². The molecule has 5 nitrogen and oxygen atoms in total. The van der Waals surface area contributed by atoms with Crippen molar-refractivity contribution < 1.29 is 4.79 Å². The van der Waals surface area contributed by atoms with Gasteiger partial charge in [-0.25, -0.2) is 4.98 Å². The van der Waals surface area contributed by atoms with Gasteiger partial charge in [0.15, 0.2) is 0 Å². The summed E-state index contributed by atoms with van der Waals surface area (Å²) in [6, 6.07) is 0. The van der Waals surface area contributed by atoms with Gasteiger partial charge in [0.2, 0.25) is 5.91 Å². The van der Waals surface area contributed by atoms with Crippen LogP contribution in [0.3, 0.4) is 0 Å². The minimum Gasteiger partial charge on any atom is -0.336 e. The van der Waals surface area contributed by atoms with Gasteiger partial charge >= 0.3 is 0 Å². The zero-order valence-electron chi connectivity index (χ0n) is 12.7. The molecule has 0 bridgehead atoms. The van der Waals surface area contributed by atoms with E-state index in [1.165, 1.54) is 5.57 Å². The number of carbonyl (C=O) groups is 1. The van der Waals surface area contributed by atoms with Crippen molar-refractivity contribution in [3.8, 4) is 0 Å². The number of aryl methyl sites for hydroxylation is 1. The Kier molecular flexibility index (Phi) is 4.37. The van der Waals surface area contributed by atoms with E-state index < -0.39 is 0 Å². The van der Waals surface area contributed by atoms with Gasteiger partial charge in [0.1, 0.15) is 0 Å². The average molecular weight is 306 g/mol. The van der Waals surface area contributed by atoms with Crippen molar-refractivity contribution in [1.29, 1.82) is 0 Å². The predicted octanol–water partition coefficient (Wildman–Crippen LogP) is 1.02. The molecule has 3 heterocycles. The Hall–Kier alpha value is -1.24. The van der Waals surface area contributed by atoms with Crippen molar-refractivity contribution in [2.45, 2.75) is 20.4 Å². The van der Waals surface area contributed by atoms with E-state index in [1.54, 1.807) is 11.3 Å². The van der Waals surface area contributed by atoms with Gasteiger partial charge in [-0.15, -0.1) is 11.3 Å². The Labute approximate surface area is 129 Å². The third kappa shape index (κ3) is 3.33. The van der Waals surface area contributed by atoms with Crippen LogP contribution in [0, 0.1) is 6.92 Å². The minimum absolute atomic E-state index is 0.218. The fourth-order valence-corrected chi connectivity index (χ4v) is 3.33. The molecule has 2 saturated heterocycles. The van der Waals surface area contributed by atoms with Gasteiger partial charge in [-0.05, 0) is 19.4 Å². The van der Waals surface area contributed by atoms with Crippen LogP contribution in [0.5, 0.6) is 0 Å². The molecule has 114 valence electrons. The number of aromatic nitrogens is 1. The van der Waals surface area contributed by atoms with Crippen LogP contribution in [0.2, 0.25) is 0 Å². The second kappa shape index (κ2) is 6.25.